The number of phenolic OH excluding ortho intramolecular Hbond substituents is 1. The molecule has 0 fully saturated rings. The van der Waals surface area contributed by atoms with E-state index in [9.17, 15) is 14.7 Å². The molecule has 40 heavy (non-hydrogen) atoms. The van der Waals surface area contributed by atoms with Crippen LogP contribution in [0.2, 0.25) is 0 Å². The van der Waals surface area contributed by atoms with Gasteiger partial charge in [0.05, 0.1) is 23.0 Å². The average molecular weight is 535 g/mol. The van der Waals surface area contributed by atoms with E-state index in [0.717, 1.165) is 0 Å². The second kappa shape index (κ2) is 13.2. The summed E-state index contributed by atoms with van der Waals surface area (Å²) in [5.41, 5.74) is 8.16. The molecule has 2 amide bonds. The highest BCUT2D eigenvalue weighted by molar-refractivity contribution is 6.01. The van der Waals surface area contributed by atoms with Crippen LogP contribution in [0.15, 0.2) is 115 Å². The summed E-state index contributed by atoms with van der Waals surface area (Å²) >= 11 is 0. The molecule has 9 heteroatoms. The number of nitrogens with one attached hydrogen (secondary N) is 2. The van der Waals surface area contributed by atoms with Crippen LogP contribution in [0.4, 0.5) is 21.9 Å². The summed E-state index contributed by atoms with van der Waals surface area (Å²) in [7, 11) is 0. The minimum Gasteiger partial charge on any atom is -0.508 e. The third-order valence-corrected chi connectivity index (χ3v) is 5.69. The van der Waals surface area contributed by atoms with E-state index in [1.54, 1.807) is 84.9 Å². The van der Waals surface area contributed by atoms with Gasteiger partial charge < -0.3 is 25.6 Å². The number of para-hydroxylation sites is 3. The summed E-state index contributed by atoms with van der Waals surface area (Å²) < 4.78 is 12.0. The van der Waals surface area contributed by atoms with Gasteiger partial charge in [-0.1, -0.05) is 42.5 Å². The molecule has 0 aliphatic heterocycles. The van der Waals surface area contributed by atoms with Gasteiger partial charge in [-0.2, -0.15) is 5.26 Å². The molecule has 0 aliphatic rings. The lowest BCUT2D eigenvalue weighted by molar-refractivity contribution is -0.112. The van der Waals surface area contributed by atoms with Gasteiger partial charge in [0.15, 0.2) is 12.2 Å². The van der Waals surface area contributed by atoms with Gasteiger partial charge in [-0.25, -0.2) is 4.79 Å². The standard InChI is InChI=1S/C31H26N4O5/c32-20-21-10-14-23(15-11-21)34-31(38)40-30(22-12-16-24(36)17-13-22)28(39-25-6-2-1-3-7-25)18-19-29(37)35-27-9-5-4-8-26(27)33/h1-19,28,30,36H,33H2,(H,34,38)(H,35,37)/b19-18+/t28-,30-/m0/s1. The number of nitrogens with zero attached hydrogens (tertiary/aromatic N) is 1. The summed E-state index contributed by atoms with van der Waals surface area (Å²) in [6, 6.07) is 30.1. The van der Waals surface area contributed by atoms with Crippen LogP contribution in [-0.2, 0) is 9.53 Å². The lowest BCUT2D eigenvalue weighted by Gasteiger charge is -2.26. The Kier molecular flexibility index (Phi) is 8.98. The molecule has 200 valence electrons. The van der Waals surface area contributed by atoms with Crippen molar-refractivity contribution in [1.82, 2.24) is 0 Å². The van der Waals surface area contributed by atoms with E-state index in [4.69, 9.17) is 20.5 Å². The summed E-state index contributed by atoms with van der Waals surface area (Å²) in [6.07, 6.45) is -0.0366. The molecular formula is C31H26N4O5. The molecule has 5 N–H and O–H groups in total. The van der Waals surface area contributed by atoms with E-state index in [2.05, 4.69) is 10.6 Å². The van der Waals surface area contributed by atoms with Crippen molar-refractivity contribution in [3.05, 3.63) is 126 Å². The fourth-order valence-corrected chi connectivity index (χ4v) is 3.71. The van der Waals surface area contributed by atoms with Crippen molar-refractivity contribution in [3.8, 4) is 17.6 Å². The number of carbonyl (C=O) groups excluding carboxylic acids is 2. The number of nitriles is 1. The number of benzene rings is 4. The summed E-state index contributed by atoms with van der Waals surface area (Å²) in [5, 5.41) is 24.2. The van der Waals surface area contributed by atoms with Gasteiger partial charge in [0.1, 0.15) is 11.5 Å². The van der Waals surface area contributed by atoms with Crippen molar-refractivity contribution in [2.45, 2.75) is 12.2 Å². The Balaban J connectivity index is 1.62. The molecule has 0 saturated heterocycles. The maximum absolute atomic E-state index is 13.0. The number of hydrogen-bond acceptors (Lipinski definition) is 7. The van der Waals surface area contributed by atoms with Gasteiger partial charge in [-0.05, 0) is 72.3 Å². The van der Waals surface area contributed by atoms with Gasteiger partial charge in [-0.3, -0.25) is 10.1 Å². The normalized spacial score (nSPS) is 12.1. The first kappa shape index (κ1) is 27.3. The van der Waals surface area contributed by atoms with Gasteiger partial charge in [0.2, 0.25) is 5.91 Å². The summed E-state index contributed by atoms with van der Waals surface area (Å²) in [4.78, 5) is 25.7. The highest BCUT2D eigenvalue weighted by atomic mass is 16.6. The first-order valence-electron chi connectivity index (χ1n) is 12.2. The zero-order valence-corrected chi connectivity index (χ0v) is 21.2. The largest absolute Gasteiger partial charge is 0.508 e. The lowest BCUT2D eigenvalue weighted by atomic mass is 10.0. The van der Waals surface area contributed by atoms with Gasteiger partial charge in [0.25, 0.3) is 0 Å². The number of hydrogen-bond donors (Lipinski definition) is 4. The Morgan fingerprint density at radius 3 is 2.23 bits per heavy atom. The molecule has 0 spiro atoms. The maximum Gasteiger partial charge on any atom is 0.412 e. The Labute approximate surface area is 231 Å². The number of carbonyl (C=O) groups is 2. The van der Waals surface area contributed by atoms with Crippen LogP contribution >= 0.6 is 0 Å². The van der Waals surface area contributed by atoms with Crippen LogP contribution in [0.25, 0.3) is 0 Å². The monoisotopic (exact) mass is 534 g/mol. The highest BCUT2D eigenvalue weighted by Crippen LogP contribution is 2.29. The van der Waals surface area contributed by atoms with E-state index in [1.807, 2.05) is 12.1 Å². The Hall–Kier alpha value is -5.75. The third-order valence-electron chi connectivity index (χ3n) is 5.69. The van der Waals surface area contributed by atoms with Crippen molar-refractivity contribution >= 4 is 29.1 Å². The van der Waals surface area contributed by atoms with E-state index in [1.165, 1.54) is 24.3 Å². The quantitative estimate of drug-likeness (QED) is 0.157. The van der Waals surface area contributed by atoms with Gasteiger partial charge in [-0.15, -0.1) is 0 Å². The number of aromatic hydroxyl groups is 1. The van der Waals surface area contributed by atoms with Crippen molar-refractivity contribution in [2.24, 2.45) is 0 Å². The SMILES string of the molecule is N#Cc1ccc(NC(=O)O[C@@H](c2ccc(O)cc2)[C@H](/C=C/C(=O)Nc2ccccc2N)Oc2ccccc2)cc1. The predicted molar refractivity (Wildman–Crippen MR) is 152 cm³/mol. The molecule has 0 bridgehead atoms. The first-order chi connectivity index (χ1) is 19.4. The van der Waals surface area contributed by atoms with Crippen molar-refractivity contribution in [3.63, 3.8) is 0 Å². The smallest absolute Gasteiger partial charge is 0.412 e. The topological polar surface area (TPSA) is 147 Å². The summed E-state index contributed by atoms with van der Waals surface area (Å²) in [6.45, 7) is 0. The number of amides is 2. The second-order valence-corrected chi connectivity index (χ2v) is 8.56. The second-order valence-electron chi connectivity index (χ2n) is 8.56. The van der Waals surface area contributed by atoms with Crippen LogP contribution < -0.4 is 21.1 Å². The number of nitrogen functional groups attached to an aromatic ring is 1. The average Bonchev–Trinajstić information content (AvgIpc) is 2.97. The minimum atomic E-state index is -1.04. The number of anilines is 3. The molecule has 4 rings (SSSR count). The van der Waals surface area contributed by atoms with Crippen LogP contribution in [-0.4, -0.2) is 23.2 Å². The fourth-order valence-electron chi connectivity index (χ4n) is 3.71. The van der Waals surface area contributed by atoms with Crippen LogP contribution in [0.3, 0.4) is 0 Å². The first-order valence-corrected chi connectivity index (χ1v) is 12.2. The Morgan fingerprint density at radius 1 is 0.875 bits per heavy atom. The number of nitrogens with two attached hydrogens (primary N) is 1. The maximum atomic E-state index is 13.0. The fraction of sp³-hybridized carbons (Fsp3) is 0.0645. The molecule has 9 nitrogen and oxygen atoms in total. The zero-order chi connectivity index (χ0) is 28.3. The molecule has 0 heterocycles. The summed E-state index contributed by atoms with van der Waals surface area (Å²) in [5.74, 6) is 0.0382. The molecule has 4 aromatic rings. The lowest BCUT2D eigenvalue weighted by Crippen LogP contribution is -2.30. The van der Waals surface area contributed by atoms with Crippen LogP contribution in [0.1, 0.15) is 17.2 Å². The Morgan fingerprint density at radius 2 is 1.55 bits per heavy atom. The molecule has 0 aromatic heterocycles. The highest BCUT2D eigenvalue weighted by Gasteiger charge is 2.28. The number of phenols is 1. The van der Waals surface area contributed by atoms with Crippen molar-refractivity contribution in [2.75, 3.05) is 16.4 Å². The molecule has 0 radical (unpaired) electrons. The Bertz CT molecular complexity index is 1510. The van der Waals surface area contributed by atoms with Crippen molar-refractivity contribution in [1.29, 1.82) is 5.26 Å². The minimum absolute atomic E-state index is 0.0282. The zero-order valence-electron chi connectivity index (χ0n) is 21.2. The number of rotatable bonds is 9. The van der Waals surface area contributed by atoms with E-state index in [-0.39, 0.29) is 5.75 Å². The van der Waals surface area contributed by atoms with Crippen LogP contribution in [0.5, 0.6) is 11.5 Å². The van der Waals surface area contributed by atoms with Crippen LogP contribution in [0, 0.1) is 11.3 Å². The molecule has 4 aromatic carbocycles. The van der Waals surface area contributed by atoms with Gasteiger partial charge in [0, 0.05) is 11.8 Å². The third kappa shape index (κ3) is 7.63. The van der Waals surface area contributed by atoms with E-state index < -0.39 is 24.2 Å². The molecular weight excluding hydrogens is 508 g/mol. The predicted octanol–water partition coefficient (Wildman–Crippen LogP) is 5.78. The molecule has 0 saturated carbocycles. The van der Waals surface area contributed by atoms with E-state index in [0.29, 0.717) is 33.9 Å². The molecule has 0 aliphatic carbocycles. The number of ether oxygens (including phenoxy) is 2. The van der Waals surface area contributed by atoms with Gasteiger partial charge >= 0.3 is 6.09 Å². The molecule has 0 unspecified atom stereocenters. The van der Waals surface area contributed by atoms with Crippen molar-refractivity contribution < 1.29 is 24.2 Å². The van der Waals surface area contributed by atoms with E-state index >= 15 is 0 Å². The molecule has 2 atom stereocenters.